The maximum Gasteiger partial charge on any atom is 0.252 e. The molecule has 3 heterocycles. The SMILES string of the molecule is Cc1nn(-c2ncccn2)c2c1[C@@H](c1cccc(Br)c1)SCC(=O)N2. The number of carbonyl (C=O) groups excluding carboxylic acids is 1. The number of aryl methyl sites for hydroxylation is 1. The van der Waals surface area contributed by atoms with Crippen molar-refractivity contribution in [1.82, 2.24) is 19.7 Å². The molecule has 1 aliphatic rings. The quantitative estimate of drug-likeness (QED) is 0.692. The van der Waals surface area contributed by atoms with Gasteiger partial charge in [-0.2, -0.15) is 9.78 Å². The van der Waals surface area contributed by atoms with Gasteiger partial charge >= 0.3 is 0 Å². The highest BCUT2D eigenvalue weighted by atomic mass is 79.9. The van der Waals surface area contributed by atoms with Crippen molar-refractivity contribution in [3.05, 3.63) is 64.0 Å². The normalized spacial score (nSPS) is 16.9. The Morgan fingerprint density at radius 3 is 2.84 bits per heavy atom. The average Bonchev–Trinajstić information content (AvgIpc) is 2.82. The van der Waals surface area contributed by atoms with Crippen molar-refractivity contribution in [1.29, 1.82) is 0 Å². The van der Waals surface area contributed by atoms with Gasteiger partial charge in [0.25, 0.3) is 5.95 Å². The molecule has 0 aliphatic carbocycles. The van der Waals surface area contributed by atoms with E-state index in [1.54, 1.807) is 34.9 Å². The Kier molecular flexibility index (Phi) is 4.30. The van der Waals surface area contributed by atoms with Gasteiger partial charge in [-0.25, -0.2) is 9.97 Å². The Bertz CT molecular complexity index is 943. The van der Waals surface area contributed by atoms with E-state index in [0.29, 0.717) is 17.5 Å². The van der Waals surface area contributed by atoms with E-state index in [9.17, 15) is 4.79 Å². The van der Waals surface area contributed by atoms with Gasteiger partial charge in [0.1, 0.15) is 5.82 Å². The van der Waals surface area contributed by atoms with Gasteiger partial charge < -0.3 is 5.32 Å². The van der Waals surface area contributed by atoms with Gasteiger partial charge in [-0.05, 0) is 30.7 Å². The van der Waals surface area contributed by atoms with E-state index in [1.807, 2.05) is 19.1 Å². The van der Waals surface area contributed by atoms with Gasteiger partial charge in [-0.15, -0.1) is 11.8 Å². The minimum atomic E-state index is -0.0548. The predicted octanol–water partition coefficient (Wildman–Crippen LogP) is 3.51. The van der Waals surface area contributed by atoms with E-state index in [-0.39, 0.29) is 11.2 Å². The first-order chi connectivity index (χ1) is 12.1. The zero-order chi connectivity index (χ0) is 17.4. The van der Waals surface area contributed by atoms with Gasteiger partial charge in [0.15, 0.2) is 0 Å². The summed E-state index contributed by atoms with van der Waals surface area (Å²) in [6, 6.07) is 9.88. The Hall–Kier alpha value is -2.19. The maximum absolute atomic E-state index is 12.3. The number of benzene rings is 1. The van der Waals surface area contributed by atoms with Crippen molar-refractivity contribution in [2.75, 3.05) is 11.1 Å². The molecule has 0 saturated carbocycles. The summed E-state index contributed by atoms with van der Waals surface area (Å²) < 4.78 is 2.62. The first-order valence-electron chi connectivity index (χ1n) is 7.67. The number of aromatic nitrogens is 4. The molecule has 1 atom stereocenters. The van der Waals surface area contributed by atoms with Crippen molar-refractivity contribution >= 4 is 39.4 Å². The molecule has 0 saturated heterocycles. The van der Waals surface area contributed by atoms with E-state index in [4.69, 9.17) is 0 Å². The standard InChI is InChI=1S/C17H14BrN5OS/c1-10-14-15(11-4-2-5-12(18)8-11)25-9-13(24)21-16(14)23(22-10)17-19-6-3-7-20-17/h2-8,15H,9H2,1H3,(H,21,24)/t15-/m1/s1. The number of anilines is 1. The van der Waals surface area contributed by atoms with Crippen LogP contribution in [0.5, 0.6) is 0 Å². The molecule has 2 aromatic heterocycles. The van der Waals surface area contributed by atoms with Crippen molar-refractivity contribution in [2.45, 2.75) is 12.2 Å². The van der Waals surface area contributed by atoms with Crippen molar-refractivity contribution < 1.29 is 4.79 Å². The van der Waals surface area contributed by atoms with E-state index < -0.39 is 0 Å². The highest BCUT2D eigenvalue weighted by Crippen LogP contribution is 2.43. The second-order valence-electron chi connectivity index (χ2n) is 5.60. The summed E-state index contributed by atoms with van der Waals surface area (Å²) in [7, 11) is 0. The third-order valence-electron chi connectivity index (χ3n) is 3.90. The van der Waals surface area contributed by atoms with Crippen LogP contribution in [0.4, 0.5) is 5.82 Å². The van der Waals surface area contributed by atoms with Crippen LogP contribution in [0, 0.1) is 6.92 Å². The van der Waals surface area contributed by atoms with Crippen molar-refractivity contribution in [3.8, 4) is 5.95 Å². The molecule has 1 aliphatic heterocycles. The second-order valence-corrected chi connectivity index (χ2v) is 7.61. The predicted molar refractivity (Wildman–Crippen MR) is 101 cm³/mol. The molecule has 1 amide bonds. The number of hydrogen-bond donors (Lipinski definition) is 1. The molecule has 25 heavy (non-hydrogen) atoms. The van der Waals surface area contributed by atoms with Gasteiger partial charge in [0.05, 0.1) is 16.7 Å². The van der Waals surface area contributed by atoms with E-state index >= 15 is 0 Å². The minimum absolute atomic E-state index is 0.00362. The molecule has 6 nitrogen and oxygen atoms in total. The topological polar surface area (TPSA) is 72.7 Å². The summed E-state index contributed by atoms with van der Waals surface area (Å²) in [6.45, 7) is 1.95. The lowest BCUT2D eigenvalue weighted by Crippen LogP contribution is -2.16. The molecule has 0 unspecified atom stereocenters. The van der Waals surface area contributed by atoms with Crippen LogP contribution in [0.1, 0.15) is 22.1 Å². The lowest BCUT2D eigenvalue weighted by molar-refractivity contribution is -0.113. The molecule has 1 N–H and O–H groups in total. The fraction of sp³-hybridized carbons (Fsp3) is 0.176. The molecule has 0 bridgehead atoms. The van der Waals surface area contributed by atoms with E-state index in [0.717, 1.165) is 21.3 Å². The summed E-state index contributed by atoms with van der Waals surface area (Å²) in [4.78, 5) is 20.8. The molecule has 8 heteroatoms. The number of amides is 1. The van der Waals surface area contributed by atoms with E-state index in [2.05, 4.69) is 48.4 Å². The Morgan fingerprint density at radius 2 is 2.08 bits per heavy atom. The summed E-state index contributed by atoms with van der Waals surface area (Å²) in [6.07, 6.45) is 3.32. The van der Waals surface area contributed by atoms with Crippen LogP contribution in [0.25, 0.3) is 5.95 Å². The number of nitrogens with zero attached hydrogens (tertiary/aromatic N) is 4. The van der Waals surface area contributed by atoms with Crippen LogP contribution in [0.2, 0.25) is 0 Å². The fourth-order valence-electron chi connectivity index (χ4n) is 2.86. The van der Waals surface area contributed by atoms with E-state index in [1.165, 1.54) is 0 Å². The van der Waals surface area contributed by atoms with Crippen LogP contribution in [-0.4, -0.2) is 31.4 Å². The first kappa shape index (κ1) is 16.3. The number of halogens is 1. The smallest absolute Gasteiger partial charge is 0.252 e. The van der Waals surface area contributed by atoms with Crippen LogP contribution < -0.4 is 5.32 Å². The third kappa shape index (κ3) is 3.07. The fourth-order valence-corrected chi connectivity index (χ4v) is 4.46. The molecular formula is C17H14BrN5OS. The molecule has 0 fully saturated rings. The molecule has 3 aromatic rings. The van der Waals surface area contributed by atoms with Crippen LogP contribution in [0.3, 0.4) is 0 Å². The first-order valence-corrected chi connectivity index (χ1v) is 9.51. The monoisotopic (exact) mass is 415 g/mol. The number of fused-ring (bicyclic) bond motifs is 1. The van der Waals surface area contributed by atoms with Gasteiger partial charge in [0.2, 0.25) is 5.91 Å². The third-order valence-corrected chi connectivity index (χ3v) is 5.66. The number of hydrogen-bond acceptors (Lipinski definition) is 5. The Morgan fingerprint density at radius 1 is 1.28 bits per heavy atom. The summed E-state index contributed by atoms with van der Waals surface area (Å²) in [5, 5.41) is 7.57. The highest BCUT2D eigenvalue weighted by molar-refractivity contribution is 9.10. The minimum Gasteiger partial charge on any atom is -0.309 e. The van der Waals surface area contributed by atoms with Gasteiger partial charge in [-0.1, -0.05) is 28.1 Å². The molecule has 0 radical (unpaired) electrons. The summed E-state index contributed by atoms with van der Waals surface area (Å²) in [5.41, 5.74) is 2.96. The molecule has 1 aromatic carbocycles. The van der Waals surface area contributed by atoms with Crippen LogP contribution in [-0.2, 0) is 4.79 Å². The number of carbonyl (C=O) groups is 1. The molecule has 0 spiro atoms. The van der Waals surface area contributed by atoms with Gasteiger partial charge in [-0.3, -0.25) is 4.79 Å². The average molecular weight is 416 g/mol. The zero-order valence-electron chi connectivity index (χ0n) is 13.3. The highest BCUT2D eigenvalue weighted by Gasteiger charge is 2.31. The van der Waals surface area contributed by atoms with Gasteiger partial charge in [0, 0.05) is 22.4 Å². The number of thioether (sulfide) groups is 1. The maximum atomic E-state index is 12.3. The number of nitrogens with one attached hydrogen (secondary N) is 1. The molecule has 126 valence electrons. The van der Waals surface area contributed by atoms with Crippen molar-refractivity contribution in [2.24, 2.45) is 0 Å². The van der Waals surface area contributed by atoms with Crippen LogP contribution >= 0.6 is 27.7 Å². The lowest BCUT2D eigenvalue weighted by Gasteiger charge is -2.15. The number of rotatable bonds is 2. The molecule has 4 rings (SSSR count). The zero-order valence-corrected chi connectivity index (χ0v) is 15.7. The molecular weight excluding hydrogens is 402 g/mol. The summed E-state index contributed by atoms with van der Waals surface area (Å²) >= 11 is 5.12. The largest absolute Gasteiger partial charge is 0.309 e. The lowest BCUT2D eigenvalue weighted by atomic mass is 10.0. The second kappa shape index (κ2) is 6.61. The summed E-state index contributed by atoms with van der Waals surface area (Å²) in [5.74, 6) is 1.40. The Balaban J connectivity index is 1.90. The van der Waals surface area contributed by atoms with Crippen LogP contribution in [0.15, 0.2) is 47.2 Å². The van der Waals surface area contributed by atoms with Crippen molar-refractivity contribution in [3.63, 3.8) is 0 Å². The Labute approximate surface area is 157 Å².